The number of benzene rings is 1. The van der Waals surface area contributed by atoms with Crippen molar-refractivity contribution in [2.75, 3.05) is 11.9 Å². The molecule has 0 aliphatic carbocycles. The number of para-hydroxylation sites is 1. The van der Waals surface area contributed by atoms with Crippen LogP contribution in [-0.4, -0.2) is 30.4 Å². The van der Waals surface area contributed by atoms with Crippen molar-refractivity contribution in [3.8, 4) is 5.75 Å². The predicted octanol–water partition coefficient (Wildman–Crippen LogP) is 3.52. The number of ether oxygens (including phenoxy) is 1. The maximum Gasteiger partial charge on any atom is 0.387 e. The van der Waals surface area contributed by atoms with Crippen molar-refractivity contribution in [2.24, 2.45) is 5.41 Å². The molecule has 0 spiro atoms. The Morgan fingerprint density at radius 2 is 2.04 bits per heavy atom. The largest absolute Gasteiger partial charge is 0.433 e. The average Bonchev–Trinajstić information content (AvgIpc) is 2.38. The maximum atomic E-state index is 12.4. The van der Waals surface area contributed by atoms with E-state index in [1.54, 1.807) is 26.0 Å². The van der Waals surface area contributed by atoms with Gasteiger partial charge < -0.3 is 20.5 Å². The van der Waals surface area contributed by atoms with Gasteiger partial charge in [-0.05, 0) is 37.3 Å². The van der Waals surface area contributed by atoms with Crippen LogP contribution in [0.1, 0.15) is 32.8 Å². The monoisotopic (exact) mass is 330 g/mol. The van der Waals surface area contributed by atoms with E-state index in [1.807, 2.05) is 13.8 Å². The van der Waals surface area contributed by atoms with Crippen LogP contribution in [-0.2, 0) is 0 Å². The molecule has 7 heteroatoms. The third-order valence-electron chi connectivity index (χ3n) is 3.26. The number of aliphatic hydroxyl groups is 1. The molecule has 0 aliphatic heterocycles. The zero-order chi connectivity index (χ0) is 17.6. The minimum atomic E-state index is -2.97. The molecule has 0 radical (unpaired) electrons. The fourth-order valence-corrected chi connectivity index (χ4v) is 2.34. The number of alkyl halides is 2. The summed E-state index contributed by atoms with van der Waals surface area (Å²) in [5.74, 6) is -0.0848. The highest BCUT2D eigenvalue weighted by Crippen LogP contribution is 2.29. The summed E-state index contributed by atoms with van der Waals surface area (Å²) in [5.41, 5.74) is 0.527. The van der Waals surface area contributed by atoms with Crippen LogP contribution in [0.25, 0.3) is 0 Å². The number of nitrogens with one attached hydrogen (secondary N) is 2. The number of hydrogen-bond donors (Lipinski definition) is 3. The summed E-state index contributed by atoms with van der Waals surface area (Å²) in [6.07, 6.45) is 0.0504. The number of hydrogen-bond acceptors (Lipinski definition) is 3. The summed E-state index contributed by atoms with van der Waals surface area (Å²) < 4.78 is 29.3. The van der Waals surface area contributed by atoms with Crippen molar-refractivity contribution >= 4 is 11.7 Å². The molecule has 0 fully saturated rings. The van der Waals surface area contributed by atoms with Crippen LogP contribution in [0.5, 0.6) is 5.75 Å². The number of carbonyl (C=O) groups is 1. The second-order valence-corrected chi connectivity index (χ2v) is 6.35. The highest BCUT2D eigenvalue weighted by molar-refractivity contribution is 5.91. The zero-order valence-corrected chi connectivity index (χ0v) is 13.8. The van der Waals surface area contributed by atoms with Gasteiger partial charge in [0.05, 0.1) is 11.8 Å². The van der Waals surface area contributed by atoms with E-state index in [-0.39, 0.29) is 16.9 Å². The SMILES string of the molecule is Cc1cccc(OC(F)F)c1NC(=O)NCC(C)(C)CC(C)O. The van der Waals surface area contributed by atoms with Crippen LogP contribution in [0.2, 0.25) is 0 Å². The molecule has 3 N–H and O–H groups in total. The first-order valence-corrected chi connectivity index (χ1v) is 7.38. The van der Waals surface area contributed by atoms with E-state index in [9.17, 15) is 18.7 Å². The van der Waals surface area contributed by atoms with Crippen LogP contribution in [0.4, 0.5) is 19.3 Å². The van der Waals surface area contributed by atoms with Gasteiger partial charge in [0.2, 0.25) is 0 Å². The highest BCUT2D eigenvalue weighted by atomic mass is 19.3. The molecule has 0 aromatic heterocycles. The van der Waals surface area contributed by atoms with Crippen molar-refractivity contribution < 1.29 is 23.4 Å². The Bertz CT molecular complexity index is 534. The lowest BCUT2D eigenvalue weighted by molar-refractivity contribution is -0.0493. The van der Waals surface area contributed by atoms with E-state index in [4.69, 9.17) is 0 Å². The molecule has 130 valence electrons. The Labute approximate surface area is 135 Å². The van der Waals surface area contributed by atoms with Gasteiger partial charge in [-0.15, -0.1) is 0 Å². The predicted molar refractivity (Wildman–Crippen MR) is 84.9 cm³/mol. The molecule has 0 saturated heterocycles. The number of amides is 2. The summed E-state index contributed by atoms with van der Waals surface area (Å²) in [4.78, 5) is 12.0. The second-order valence-electron chi connectivity index (χ2n) is 6.35. The van der Waals surface area contributed by atoms with E-state index >= 15 is 0 Å². The second kappa shape index (κ2) is 8.10. The third kappa shape index (κ3) is 6.81. The van der Waals surface area contributed by atoms with Crippen molar-refractivity contribution in [1.29, 1.82) is 0 Å². The summed E-state index contributed by atoms with van der Waals surface area (Å²) >= 11 is 0. The van der Waals surface area contributed by atoms with Gasteiger partial charge in [-0.1, -0.05) is 26.0 Å². The van der Waals surface area contributed by atoms with Crippen LogP contribution in [0.15, 0.2) is 18.2 Å². The molecule has 1 aromatic rings. The first-order chi connectivity index (χ1) is 10.6. The normalized spacial score (nSPS) is 12.9. The lowest BCUT2D eigenvalue weighted by Crippen LogP contribution is -2.38. The molecule has 23 heavy (non-hydrogen) atoms. The Morgan fingerprint density at radius 3 is 2.61 bits per heavy atom. The molecule has 0 bridgehead atoms. The number of carbonyl (C=O) groups excluding carboxylic acids is 1. The molecule has 1 unspecified atom stereocenters. The number of rotatable bonds is 7. The highest BCUT2D eigenvalue weighted by Gasteiger charge is 2.21. The molecule has 1 atom stereocenters. The van der Waals surface area contributed by atoms with E-state index < -0.39 is 18.7 Å². The van der Waals surface area contributed by atoms with Gasteiger partial charge in [-0.2, -0.15) is 8.78 Å². The number of aliphatic hydroxyl groups excluding tert-OH is 1. The smallest absolute Gasteiger partial charge is 0.387 e. The molecular weight excluding hydrogens is 306 g/mol. The lowest BCUT2D eigenvalue weighted by atomic mass is 9.87. The van der Waals surface area contributed by atoms with Gasteiger partial charge in [0.1, 0.15) is 5.75 Å². The summed E-state index contributed by atoms with van der Waals surface area (Å²) in [6.45, 7) is 4.57. The van der Waals surface area contributed by atoms with Gasteiger partial charge in [0.25, 0.3) is 0 Å². The van der Waals surface area contributed by atoms with Gasteiger partial charge in [-0.3, -0.25) is 0 Å². The summed E-state index contributed by atoms with van der Waals surface area (Å²) in [6, 6.07) is 4.11. The summed E-state index contributed by atoms with van der Waals surface area (Å²) in [5, 5.41) is 14.6. The molecule has 0 saturated carbocycles. The van der Waals surface area contributed by atoms with Crippen LogP contribution in [0.3, 0.4) is 0 Å². The topological polar surface area (TPSA) is 70.6 Å². The number of aryl methyl sites for hydroxylation is 1. The van der Waals surface area contributed by atoms with Crippen LogP contribution in [0, 0.1) is 12.3 Å². The molecular formula is C16H24F2N2O3. The van der Waals surface area contributed by atoms with Gasteiger partial charge in [0, 0.05) is 6.54 Å². The Kier molecular flexibility index (Phi) is 6.75. The van der Waals surface area contributed by atoms with Gasteiger partial charge in [-0.25, -0.2) is 4.79 Å². The third-order valence-corrected chi connectivity index (χ3v) is 3.26. The Balaban J connectivity index is 2.71. The van der Waals surface area contributed by atoms with Crippen molar-refractivity contribution in [1.82, 2.24) is 5.32 Å². The quantitative estimate of drug-likeness (QED) is 0.716. The molecule has 2 amide bonds. The van der Waals surface area contributed by atoms with Gasteiger partial charge in [0.15, 0.2) is 0 Å². The van der Waals surface area contributed by atoms with Crippen LogP contribution >= 0.6 is 0 Å². The first-order valence-electron chi connectivity index (χ1n) is 7.38. The van der Waals surface area contributed by atoms with E-state index in [0.29, 0.717) is 18.5 Å². The van der Waals surface area contributed by atoms with Crippen molar-refractivity contribution in [3.63, 3.8) is 0 Å². The maximum absolute atomic E-state index is 12.4. The van der Waals surface area contributed by atoms with E-state index in [1.165, 1.54) is 6.07 Å². The number of anilines is 1. The van der Waals surface area contributed by atoms with Crippen LogP contribution < -0.4 is 15.4 Å². The standard InChI is InChI=1S/C16H24F2N2O3/c1-10-6-5-7-12(23-14(17)18)13(10)20-15(22)19-9-16(3,4)8-11(2)21/h5-7,11,14,21H,8-9H2,1-4H3,(H2,19,20,22). The fraction of sp³-hybridized carbons (Fsp3) is 0.562. The summed E-state index contributed by atoms with van der Waals surface area (Å²) in [7, 11) is 0. The molecule has 0 heterocycles. The molecule has 0 aliphatic rings. The minimum Gasteiger partial charge on any atom is -0.433 e. The molecule has 5 nitrogen and oxygen atoms in total. The minimum absolute atomic E-state index is 0.0848. The number of urea groups is 1. The fourth-order valence-electron chi connectivity index (χ4n) is 2.34. The molecule has 1 aromatic carbocycles. The van der Waals surface area contributed by atoms with Gasteiger partial charge >= 0.3 is 12.6 Å². The Morgan fingerprint density at radius 1 is 1.39 bits per heavy atom. The number of halogens is 2. The van der Waals surface area contributed by atoms with E-state index in [0.717, 1.165) is 0 Å². The lowest BCUT2D eigenvalue weighted by Gasteiger charge is -2.26. The van der Waals surface area contributed by atoms with Crippen molar-refractivity contribution in [3.05, 3.63) is 23.8 Å². The average molecular weight is 330 g/mol. The van der Waals surface area contributed by atoms with Crippen molar-refractivity contribution in [2.45, 2.75) is 46.8 Å². The Hall–Kier alpha value is -1.89. The molecule has 1 rings (SSSR count). The zero-order valence-electron chi connectivity index (χ0n) is 13.8. The van der Waals surface area contributed by atoms with E-state index in [2.05, 4.69) is 15.4 Å². The first kappa shape index (κ1) is 19.2.